The number of rotatable bonds is 1. The molecule has 0 N–H and O–H groups in total. The first-order chi connectivity index (χ1) is 11.4. The summed E-state index contributed by atoms with van der Waals surface area (Å²) in [5.74, 6) is 0. The first kappa shape index (κ1) is 15.2. The van der Waals surface area contributed by atoms with E-state index in [1.54, 1.807) is 6.07 Å². The van der Waals surface area contributed by atoms with Gasteiger partial charge in [-0.3, -0.25) is 0 Å². The van der Waals surface area contributed by atoms with Gasteiger partial charge in [-0.25, -0.2) is 9.50 Å². The molecule has 1 aliphatic rings. The molecule has 0 fully saturated rings. The average molecular weight is 331 g/mol. The van der Waals surface area contributed by atoms with Crippen LogP contribution in [0.2, 0.25) is 0 Å². The second-order valence-electron chi connectivity index (χ2n) is 6.26. The summed E-state index contributed by atoms with van der Waals surface area (Å²) in [6.07, 6.45) is -1.80. The maximum atomic E-state index is 13.7. The SMILES string of the molecule is Cc1ccc(-c2cc3nc4c(c(C(F)(F)F)n3n2)CCCC4)cc1. The van der Waals surface area contributed by atoms with Gasteiger partial charge in [-0.05, 0) is 32.6 Å². The lowest BCUT2D eigenvalue weighted by Crippen LogP contribution is -2.21. The minimum Gasteiger partial charge on any atom is -0.233 e. The van der Waals surface area contributed by atoms with E-state index in [0.717, 1.165) is 28.5 Å². The summed E-state index contributed by atoms with van der Waals surface area (Å²) < 4.78 is 42.0. The third-order valence-electron chi connectivity index (χ3n) is 4.49. The Morgan fingerprint density at radius 3 is 2.46 bits per heavy atom. The average Bonchev–Trinajstić information content (AvgIpc) is 2.95. The van der Waals surface area contributed by atoms with Gasteiger partial charge in [0.1, 0.15) is 0 Å². The van der Waals surface area contributed by atoms with Crippen molar-refractivity contribution in [1.82, 2.24) is 14.6 Å². The molecule has 0 aliphatic heterocycles. The highest BCUT2D eigenvalue weighted by Gasteiger charge is 2.39. The summed E-state index contributed by atoms with van der Waals surface area (Å²) >= 11 is 0. The smallest absolute Gasteiger partial charge is 0.233 e. The minimum atomic E-state index is -4.45. The highest BCUT2D eigenvalue weighted by Crippen LogP contribution is 2.36. The van der Waals surface area contributed by atoms with Gasteiger partial charge < -0.3 is 0 Å². The Balaban J connectivity index is 1.97. The van der Waals surface area contributed by atoms with Crippen molar-refractivity contribution in [3.8, 4) is 11.3 Å². The lowest BCUT2D eigenvalue weighted by molar-refractivity contribution is -0.143. The minimum absolute atomic E-state index is 0.263. The number of nitrogens with zero attached hydrogens (tertiary/aromatic N) is 3. The van der Waals surface area contributed by atoms with Gasteiger partial charge in [0.2, 0.25) is 0 Å². The maximum Gasteiger partial charge on any atom is 0.433 e. The summed E-state index contributed by atoms with van der Waals surface area (Å²) in [5.41, 5.74) is 2.86. The predicted molar refractivity (Wildman–Crippen MR) is 84.8 cm³/mol. The van der Waals surface area contributed by atoms with Crippen molar-refractivity contribution in [3.05, 3.63) is 52.8 Å². The van der Waals surface area contributed by atoms with Crippen molar-refractivity contribution >= 4 is 5.65 Å². The molecule has 3 nitrogen and oxygen atoms in total. The van der Waals surface area contributed by atoms with Crippen LogP contribution < -0.4 is 0 Å². The molecule has 6 heteroatoms. The molecule has 0 atom stereocenters. The second kappa shape index (κ2) is 5.33. The van der Waals surface area contributed by atoms with E-state index in [1.165, 1.54) is 0 Å². The van der Waals surface area contributed by atoms with E-state index in [1.807, 2.05) is 31.2 Å². The van der Waals surface area contributed by atoms with Gasteiger partial charge in [-0.1, -0.05) is 29.8 Å². The fourth-order valence-electron chi connectivity index (χ4n) is 3.31. The Bertz CT molecular complexity index is 908. The Kier molecular flexibility index (Phi) is 3.37. The van der Waals surface area contributed by atoms with E-state index in [-0.39, 0.29) is 5.65 Å². The fraction of sp³-hybridized carbons (Fsp3) is 0.333. The molecule has 0 bridgehead atoms. The number of hydrogen-bond acceptors (Lipinski definition) is 2. The molecule has 124 valence electrons. The summed E-state index contributed by atoms with van der Waals surface area (Å²) in [6, 6.07) is 9.20. The normalized spacial score (nSPS) is 14.8. The van der Waals surface area contributed by atoms with Crippen LogP contribution in [-0.4, -0.2) is 14.6 Å². The van der Waals surface area contributed by atoms with Gasteiger partial charge in [0.15, 0.2) is 11.3 Å². The first-order valence-corrected chi connectivity index (χ1v) is 7.99. The summed E-state index contributed by atoms with van der Waals surface area (Å²) in [4.78, 5) is 4.45. The fourth-order valence-corrected chi connectivity index (χ4v) is 3.31. The zero-order chi connectivity index (χ0) is 16.9. The van der Waals surface area contributed by atoms with Crippen LogP contribution in [0.25, 0.3) is 16.9 Å². The van der Waals surface area contributed by atoms with Gasteiger partial charge in [0.05, 0.1) is 5.69 Å². The Hall–Kier alpha value is -2.37. The number of aryl methyl sites for hydroxylation is 2. The Morgan fingerprint density at radius 2 is 1.75 bits per heavy atom. The van der Waals surface area contributed by atoms with Crippen molar-refractivity contribution in [2.24, 2.45) is 0 Å². The molecular weight excluding hydrogens is 315 g/mol. The van der Waals surface area contributed by atoms with Crippen molar-refractivity contribution in [2.45, 2.75) is 38.8 Å². The predicted octanol–water partition coefficient (Wildman–Crippen LogP) is 4.60. The summed E-state index contributed by atoms with van der Waals surface area (Å²) in [6.45, 7) is 1.96. The molecule has 0 saturated heterocycles. The zero-order valence-corrected chi connectivity index (χ0v) is 13.2. The maximum absolute atomic E-state index is 13.7. The summed E-state index contributed by atoms with van der Waals surface area (Å²) in [5, 5.41) is 4.22. The van der Waals surface area contributed by atoms with Crippen LogP contribution in [-0.2, 0) is 19.0 Å². The number of aromatic nitrogens is 3. The highest BCUT2D eigenvalue weighted by atomic mass is 19.4. The lowest BCUT2D eigenvalue weighted by Gasteiger charge is -2.20. The largest absolute Gasteiger partial charge is 0.433 e. The van der Waals surface area contributed by atoms with E-state index in [4.69, 9.17) is 0 Å². The molecule has 0 spiro atoms. The highest BCUT2D eigenvalue weighted by molar-refractivity contribution is 5.65. The van der Waals surface area contributed by atoms with E-state index < -0.39 is 11.9 Å². The van der Waals surface area contributed by atoms with E-state index in [0.29, 0.717) is 29.8 Å². The van der Waals surface area contributed by atoms with Crippen LogP contribution in [0.3, 0.4) is 0 Å². The number of alkyl halides is 3. The van der Waals surface area contributed by atoms with Crippen LogP contribution in [0.4, 0.5) is 13.2 Å². The quantitative estimate of drug-likeness (QED) is 0.652. The molecule has 4 rings (SSSR count). The van der Waals surface area contributed by atoms with Gasteiger partial charge in [0.25, 0.3) is 0 Å². The van der Waals surface area contributed by atoms with Crippen molar-refractivity contribution in [3.63, 3.8) is 0 Å². The Morgan fingerprint density at radius 1 is 1.04 bits per heavy atom. The van der Waals surface area contributed by atoms with Crippen LogP contribution in [0.15, 0.2) is 30.3 Å². The number of halogens is 3. The van der Waals surface area contributed by atoms with Gasteiger partial charge in [-0.2, -0.15) is 18.3 Å². The van der Waals surface area contributed by atoms with Gasteiger partial charge in [0, 0.05) is 22.9 Å². The molecule has 1 aromatic carbocycles. The molecule has 0 amide bonds. The van der Waals surface area contributed by atoms with Gasteiger partial charge >= 0.3 is 6.18 Å². The Labute approximate surface area is 137 Å². The monoisotopic (exact) mass is 331 g/mol. The molecule has 0 saturated carbocycles. The topological polar surface area (TPSA) is 30.2 Å². The van der Waals surface area contributed by atoms with Crippen LogP contribution in [0.1, 0.15) is 35.4 Å². The van der Waals surface area contributed by atoms with Crippen molar-refractivity contribution in [1.29, 1.82) is 0 Å². The van der Waals surface area contributed by atoms with Crippen LogP contribution in [0.5, 0.6) is 0 Å². The zero-order valence-electron chi connectivity index (χ0n) is 13.2. The first-order valence-electron chi connectivity index (χ1n) is 7.99. The molecule has 0 unspecified atom stereocenters. The molecule has 3 aromatic rings. The van der Waals surface area contributed by atoms with Crippen LogP contribution >= 0.6 is 0 Å². The third-order valence-corrected chi connectivity index (χ3v) is 4.49. The number of fused-ring (bicyclic) bond motifs is 2. The van der Waals surface area contributed by atoms with Crippen molar-refractivity contribution in [2.75, 3.05) is 0 Å². The van der Waals surface area contributed by atoms with Crippen LogP contribution in [0, 0.1) is 6.92 Å². The van der Waals surface area contributed by atoms with Gasteiger partial charge in [-0.15, -0.1) is 0 Å². The molecule has 2 aromatic heterocycles. The molecular formula is C18H16F3N3. The van der Waals surface area contributed by atoms with E-state index >= 15 is 0 Å². The summed E-state index contributed by atoms with van der Waals surface area (Å²) in [7, 11) is 0. The molecule has 0 radical (unpaired) electrons. The number of benzene rings is 1. The molecule has 1 aliphatic carbocycles. The second-order valence-corrected chi connectivity index (χ2v) is 6.26. The third kappa shape index (κ3) is 2.46. The molecule has 2 heterocycles. The van der Waals surface area contributed by atoms with Crippen molar-refractivity contribution < 1.29 is 13.2 Å². The standard InChI is InChI=1S/C18H16F3N3/c1-11-6-8-12(9-7-11)15-10-16-22-14-5-3-2-4-13(14)17(18(19,20)21)24(16)23-15/h6-10H,2-5H2,1H3. The number of hydrogen-bond donors (Lipinski definition) is 0. The molecule has 24 heavy (non-hydrogen) atoms. The van der Waals surface area contributed by atoms with E-state index in [2.05, 4.69) is 10.1 Å². The van der Waals surface area contributed by atoms with E-state index in [9.17, 15) is 13.2 Å². The lowest BCUT2D eigenvalue weighted by atomic mass is 9.94.